The van der Waals surface area contributed by atoms with Crippen LogP contribution in [0.4, 0.5) is 17.1 Å². The predicted molar refractivity (Wildman–Crippen MR) is 108 cm³/mol. The first-order chi connectivity index (χ1) is 14.4. The fraction of sp³-hybridized carbons (Fsp3) is 0.294. The van der Waals surface area contributed by atoms with E-state index in [0.29, 0.717) is 30.3 Å². The van der Waals surface area contributed by atoms with Crippen LogP contribution in [0.3, 0.4) is 0 Å². The number of hydrogen-bond acceptors (Lipinski definition) is 9. The molecule has 0 bridgehead atoms. The Morgan fingerprint density at radius 1 is 0.903 bits per heavy atom. The molecule has 2 aromatic rings. The number of nitrogens with zero attached hydrogens (tertiary/aromatic N) is 2. The van der Waals surface area contributed by atoms with E-state index in [1.54, 1.807) is 13.0 Å². The summed E-state index contributed by atoms with van der Waals surface area (Å²) >= 11 is 0. The van der Waals surface area contributed by atoms with Gasteiger partial charge in [0.15, 0.2) is 0 Å². The number of hydrogen-bond donors (Lipinski definition) is 3. The van der Waals surface area contributed by atoms with Crippen molar-refractivity contribution in [2.24, 2.45) is 0 Å². The van der Waals surface area contributed by atoms with Gasteiger partial charge >= 0.3 is 10.4 Å². The summed E-state index contributed by atoms with van der Waals surface area (Å²) < 4.78 is 42.0. The van der Waals surface area contributed by atoms with Crippen molar-refractivity contribution in [2.75, 3.05) is 18.9 Å². The molecule has 0 amide bonds. The minimum absolute atomic E-state index is 0.0827. The van der Waals surface area contributed by atoms with Gasteiger partial charge < -0.3 is 15.2 Å². The monoisotopic (exact) mass is 457 g/mol. The molecule has 2 aliphatic rings. The molecule has 31 heavy (non-hydrogen) atoms. The average molecular weight is 457 g/mol. The number of fused-ring (bicyclic) bond motifs is 2. The quantitative estimate of drug-likeness (QED) is 0.258. The highest BCUT2D eigenvalue weighted by Gasteiger charge is 2.20. The van der Waals surface area contributed by atoms with Crippen LogP contribution in [0.1, 0.15) is 16.7 Å². The Hall–Kier alpha value is -3.49. The summed E-state index contributed by atoms with van der Waals surface area (Å²) in [5.74, 6) is 1.25. The van der Waals surface area contributed by atoms with E-state index in [4.69, 9.17) is 32.7 Å². The smallest absolute Gasteiger partial charge is 0.394 e. The zero-order valence-corrected chi connectivity index (χ0v) is 17.0. The molecule has 0 atom stereocenters. The summed E-state index contributed by atoms with van der Waals surface area (Å²) in [6.45, 7) is 2.96. The molecule has 0 saturated heterocycles. The fourth-order valence-electron chi connectivity index (χ4n) is 2.93. The topological polar surface area (TPSA) is 205 Å². The van der Waals surface area contributed by atoms with Crippen LogP contribution < -0.4 is 15.2 Å². The summed E-state index contributed by atoms with van der Waals surface area (Å²) in [6.07, 6.45) is 1.63. The summed E-state index contributed by atoms with van der Waals surface area (Å²) in [5, 5.41) is 21.1. The number of rotatable bonds is 2. The second-order valence-corrected chi connectivity index (χ2v) is 7.32. The van der Waals surface area contributed by atoms with Crippen molar-refractivity contribution in [1.29, 1.82) is 0 Å². The van der Waals surface area contributed by atoms with Gasteiger partial charge in [-0.15, -0.1) is 0 Å². The summed E-state index contributed by atoms with van der Waals surface area (Å²) in [7, 11) is -4.67. The molecule has 2 heterocycles. The maximum absolute atomic E-state index is 10.6. The zero-order chi connectivity index (χ0) is 23.3. The molecule has 4 rings (SSSR count). The Labute approximate surface area is 176 Å². The molecule has 0 saturated carbocycles. The average Bonchev–Trinajstić information content (AvgIpc) is 3.27. The van der Waals surface area contributed by atoms with Gasteiger partial charge in [0.1, 0.15) is 17.2 Å². The number of nitrogens with two attached hydrogens (primary N) is 1. The summed E-state index contributed by atoms with van der Waals surface area (Å²) in [6, 6.07) is 6.34. The second-order valence-electron chi connectivity index (χ2n) is 6.42. The number of nitro groups is 2. The minimum atomic E-state index is -4.67. The van der Waals surface area contributed by atoms with Crippen molar-refractivity contribution in [3.05, 3.63) is 61.2 Å². The van der Waals surface area contributed by atoms with Gasteiger partial charge in [0.2, 0.25) is 0 Å². The van der Waals surface area contributed by atoms with Crippen LogP contribution in [0.5, 0.6) is 11.5 Å². The Morgan fingerprint density at radius 3 is 1.77 bits per heavy atom. The van der Waals surface area contributed by atoms with Crippen molar-refractivity contribution >= 4 is 27.5 Å². The molecule has 0 radical (unpaired) electrons. The minimum Gasteiger partial charge on any atom is -0.493 e. The van der Waals surface area contributed by atoms with Crippen LogP contribution in [0, 0.1) is 27.2 Å². The van der Waals surface area contributed by atoms with Crippen LogP contribution in [0.15, 0.2) is 24.3 Å². The third-order valence-corrected chi connectivity index (χ3v) is 4.24. The molecule has 2 aromatic carbocycles. The highest BCUT2D eigenvalue weighted by molar-refractivity contribution is 7.79. The lowest BCUT2D eigenvalue weighted by Crippen LogP contribution is -1.96. The Bertz CT molecular complexity index is 1040. The van der Waals surface area contributed by atoms with Gasteiger partial charge in [0, 0.05) is 24.0 Å². The Balaban J connectivity index is 0.000000182. The Morgan fingerprint density at radius 2 is 1.32 bits per heavy atom. The second kappa shape index (κ2) is 9.55. The number of anilines is 1. The third-order valence-electron chi connectivity index (χ3n) is 4.24. The molecule has 168 valence electrons. The van der Waals surface area contributed by atoms with E-state index < -0.39 is 15.3 Å². The molecule has 14 heteroatoms. The number of nitrogen functional groups attached to an aromatic ring is 1. The Kier molecular flexibility index (Phi) is 7.32. The molecule has 0 aliphatic carbocycles. The van der Waals surface area contributed by atoms with Crippen molar-refractivity contribution in [2.45, 2.75) is 19.8 Å². The molecule has 2 aliphatic heterocycles. The lowest BCUT2D eigenvalue weighted by atomic mass is 10.1. The first-order valence-electron chi connectivity index (χ1n) is 8.67. The number of aryl methyl sites for hydroxylation is 1. The van der Waals surface area contributed by atoms with Crippen LogP contribution in [0.2, 0.25) is 0 Å². The number of benzene rings is 2. The van der Waals surface area contributed by atoms with E-state index in [1.807, 2.05) is 6.07 Å². The van der Waals surface area contributed by atoms with Crippen molar-refractivity contribution in [3.8, 4) is 11.5 Å². The van der Waals surface area contributed by atoms with Crippen LogP contribution in [0.25, 0.3) is 0 Å². The molecule has 0 fully saturated rings. The van der Waals surface area contributed by atoms with Crippen LogP contribution >= 0.6 is 0 Å². The highest BCUT2D eigenvalue weighted by atomic mass is 32.3. The van der Waals surface area contributed by atoms with E-state index in [1.165, 1.54) is 12.1 Å². The molecule has 0 spiro atoms. The first kappa shape index (κ1) is 23.8. The van der Waals surface area contributed by atoms with Gasteiger partial charge in [-0.2, -0.15) is 8.42 Å². The standard InChI is InChI=1S/C9H9NO3.C8H8N2O3.H2O4S/c1-6-4-7-2-3-13-9(7)5-8(6)10(11)12;9-6-3-5-1-2-13-8(5)4-7(6)10(11)12;1-5(2,3)4/h4-5H,2-3H2,1H3;3-4H,1-2,9H2;(H2,1,2,3,4). The zero-order valence-electron chi connectivity index (χ0n) is 16.2. The van der Waals surface area contributed by atoms with Gasteiger partial charge in [-0.05, 0) is 24.6 Å². The molecular weight excluding hydrogens is 438 g/mol. The summed E-state index contributed by atoms with van der Waals surface area (Å²) in [5.41, 5.74) is 8.48. The molecule has 4 N–H and O–H groups in total. The van der Waals surface area contributed by atoms with Crippen molar-refractivity contribution in [3.63, 3.8) is 0 Å². The largest absolute Gasteiger partial charge is 0.493 e. The molecule has 13 nitrogen and oxygen atoms in total. The third kappa shape index (κ3) is 6.77. The van der Waals surface area contributed by atoms with Gasteiger partial charge in [-0.25, -0.2) is 0 Å². The highest BCUT2D eigenvalue weighted by Crippen LogP contribution is 2.34. The van der Waals surface area contributed by atoms with Gasteiger partial charge in [-0.3, -0.25) is 29.3 Å². The van der Waals surface area contributed by atoms with Gasteiger partial charge in [-0.1, -0.05) is 0 Å². The number of ether oxygens (including phenoxy) is 2. The van der Waals surface area contributed by atoms with Crippen molar-refractivity contribution < 1.29 is 36.8 Å². The maximum Gasteiger partial charge on any atom is 0.394 e. The van der Waals surface area contributed by atoms with E-state index in [0.717, 1.165) is 24.0 Å². The lowest BCUT2D eigenvalue weighted by Gasteiger charge is -2.00. The summed E-state index contributed by atoms with van der Waals surface area (Å²) in [4.78, 5) is 20.2. The van der Waals surface area contributed by atoms with Crippen LogP contribution in [-0.2, 0) is 23.2 Å². The van der Waals surface area contributed by atoms with Gasteiger partial charge in [0.25, 0.3) is 11.4 Å². The van der Waals surface area contributed by atoms with Crippen LogP contribution in [-0.4, -0.2) is 40.6 Å². The SMILES string of the molecule is Cc1cc2c(cc1[N+](=O)[O-])OCC2.Nc1cc2c(cc1[N+](=O)[O-])OCC2.O=S(=O)(O)O. The maximum atomic E-state index is 10.6. The van der Waals surface area contributed by atoms with E-state index in [2.05, 4.69) is 0 Å². The van der Waals surface area contributed by atoms with E-state index >= 15 is 0 Å². The lowest BCUT2D eigenvalue weighted by molar-refractivity contribution is -0.385. The predicted octanol–water partition coefficient (Wildman–Crippen LogP) is 2.30. The molecule has 0 aromatic heterocycles. The number of nitro benzene ring substituents is 2. The normalized spacial score (nSPS) is 13.3. The van der Waals surface area contributed by atoms with Crippen molar-refractivity contribution in [1.82, 2.24) is 0 Å². The molecular formula is C17H19N3O10S. The van der Waals surface area contributed by atoms with Gasteiger partial charge in [0.05, 0.1) is 35.2 Å². The molecule has 0 unspecified atom stereocenters. The first-order valence-corrected chi connectivity index (χ1v) is 10.1. The van der Waals surface area contributed by atoms with E-state index in [-0.39, 0.29) is 22.0 Å². The fourth-order valence-corrected chi connectivity index (χ4v) is 2.93. The van der Waals surface area contributed by atoms with E-state index in [9.17, 15) is 20.2 Å².